The highest BCUT2D eigenvalue weighted by Gasteiger charge is 2.30. The van der Waals surface area contributed by atoms with Gasteiger partial charge in [0.25, 0.3) is 10.0 Å². The molecule has 0 amide bonds. The molecule has 0 unspecified atom stereocenters. The Morgan fingerprint density at radius 3 is 2.54 bits per heavy atom. The second-order valence-corrected chi connectivity index (χ2v) is 8.07. The lowest BCUT2D eigenvalue weighted by Gasteiger charge is -2.15. The van der Waals surface area contributed by atoms with Crippen molar-refractivity contribution in [3.63, 3.8) is 0 Å². The van der Waals surface area contributed by atoms with Gasteiger partial charge in [0.2, 0.25) is 0 Å². The Hall–Kier alpha value is -2.22. The summed E-state index contributed by atoms with van der Waals surface area (Å²) in [6.07, 6.45) is -0.0369. The van der Waals surface area contributed by atoms with Crippen LogP contribution in [0.5, 0.6) is 0 Å². The lowest BCUT2D eigenvalue weighted by Crippen LogP contribution is -2.26. The number of benzene rings is 1. The quantitative estimate of drug-likeness (QED) is 0.804. The van der Waals surface area contributed by atoms with Gasteiger partial charge in [0.05, 0.1) is 17.9 Å². The smallest absolute Gasteiger partial charge is 0.308 e. The number of carbonyl (C=O) groups excluding carboxylic acids is 2. The summed E-state index contributed by atoms with van der Waals surface area (Å²) < 4.78 is 31.1. The van der Waals surface area contributed by atoms with Crippen molar-refractivity contribution in [2.75, 3.05) is 13.2 Å². The molecule has 0 fully saturated rings. The van der Waals surface area contributed by atoms with E-state index in [1.165, 1.54) is 6.07 Å². The molecule has 0 saturated heterocycles. The van der Waals surface area contributed by atoms with Gasteiger partial charge in [-0.25, -0.2) is 8.42 Å². The first-order valence-electron chi connectivity index (χ1n) is 7.47. The van der Waals surface area contributed by atoms with E-state index in [0.717, 1.165) is 0 Å². The first-order valence-corrected chi connectivity index (χ1v) is 8.95. The molecule has 0 spiro atoms. The van der Waals surface area contributed by atoms with E-state index in [-0.39, 0.29) is 36.1 Å². The average molecular weight is 352 g/mol. The number of amidine groups is 1. The third-order valence-corrected chi connectivity index (χ3v) is 4.85. The molecule has 0 radical (unpaired) electrons. The molecule has 0 saturated carbocycles. The maximum atomic E-state index is 11.9. The van der Waals surface area contributed by atoms with Crippen LogP contribution in [0.2, 0.25) is 0 Å². The van der Waals surface area contributed by atoms with Gasteiger partial charge < -0.3 is 4.74 Å². The number of rotatable bonds is 5. The van der Waals surface area contributed by atoms with E-state index in [9.17, 15) is 18.0 Å². The van der Waals surface area contributed by atoms with Crippen molar-refractivity contribution < 1.29 is 22.7 Å². The van der Waals surface area contributed by atoms with E-state index < -0.39 is 21.4 Å². The number of ketones is 1. The zero-order valence-corrected chi connectivity index (χ0v) is 14.6. The highest BCUT2D eigenvalue weighted by atomic mass is 32.2. The predicted molar refractivity (Wildman–Crippen MR) is 88.2 cm³/mol. The van der Waals surface area contributed by atoms with Crippen LogP contribution in [0.3, 0.4) is 0 Å². The number of hydrogen-bond acceptors (Lipinski definition) is 6. The van der Waals surface area contributed by atoms with E-state index in [1.54, 1.807) is 39.0 Å². The van der Waals surface area contributed by atoms with Crippen LogP contribution in [-0.4, -0.2) is 39.2 Å². The number of fused-ring (bicyclic) bond motifs is 1. The van der Waals surface area contributed by atoms with Crippen molar-refractivity contribution in [2.45, 2.75) is 32.1 Å². The molecule has 0 aliphatic carbocycles. The van der Waals surface area contributed by atoms with E-state index in [4.69, 9.17) is 4.74 Å². The summed E-state index contributed by atoms with van der Waals surface area (Å²) in [5, 5.41) is 0. The third-order valence-electron chi connectivity index (χ3n) is 3.45. The van der Waals surface area contributed by atoms with Gasteiger partial charge in [-0.05, 0) is 12.1 Å². The van der Waals surface area contributed by atoms with Crippen molar-refractivity contribution in [3.05, 3.63) is 29.8 Å². The average Bonchev–Trinajstić information content (AvgIpc) is 2.75. The maximum Gasteiger partial charge on any atom is 0.308 e. The molecule has 1 aromatic carbocycles. The van der Waals surface area contributed by atoms with E-state index in [0.29, 0.717) is 5.56 Å². The fraction of sp³-hybridized carbons (Fsp3) is 0.438. The van der Waals surface area contributed by atoms with Crippen LogP contribution < -0.4 is 4.72 Å². The standard InChI is InChI=1S/C16H20N2O5S/c1-16(2,3)13(19)10-23-14(20)8-9-17-15-11-6-4-5-7-12(11)24(21,22)18-15/h4-7H,8-10H2,1-3H3,(H,17,18). The summed E-state index contributed by atoms with van der Waals surface area (Å²) in [7, 11) is -3.58. The van der Waals surface area contributed by atoms with Crippen LogP contribution >= 0.6 is 0 Å². The minimum absolute atomic E-state index is 0.0369. The van der Waals surface area contributed by atoms with Crippen molar-refractivity contribution in [1.29, 1.82) is 0 Å². The van der Waals surface area contributed by atoms with Crippen molar-refractivity contribution in [2.24, 2.45) is 10.4 Å². The Bertz CT molecular complexity index is 791. The number of sulfonamides is 1. The molecule has 8 heteroatoms. The molecule has 1 aliphatic heterocycles. The highest BCUT2D eigenvalue weighted by molar-refractivity contribution is 7.90. The number of ether oxygens (including phenoxy) is 1. The molecular formula is C16H20N2O5S. The van der Waals surface area contributed by atoms with Crippen LogP contribution in [0.1, 0.15) is 32.8 Å². The normalized spacial score (nSPS) is 17.2. The van der Waals surface area contributed by atoms with E-state index in [2.05, 4.69) is 9.71 Å². The van der Waals surface area contributed by atoms with Gasteiger partial charge in [0, 0.05) is 11.0 Å². The third kappa shape index (κ3) is 4.19. The second-order valence-electron chi connectivity index (χ2n) is 6.42. The number of esters is 1. The first kappa shape index (κ1) is 18.1. The number of nitrogens with zero attached hydrogens (tertiary/aromatic N) is 1. The zero-order valence-electron chi connectivity index (χ0n) is 13.8. The molecule has 1 aromatic rings. The van der Waals surface area contributed by atoms with Crippen molar-refractivity contribution in [3.8, 4) is 0 Å². The molecular weight excluding hydrogens is 332 g/mol. The fourth-order valence-corrected chi connectivity index (χ4v) is 3.20. The number of nitrogens with one attached hydrogen (secondary N) is 1. The van der Waals surface area contributed by atoms with Gasteiger partial charge >= 0.3 is 5.97 Å². The summed E-state index contributed by atoms with van der Waals surface area (Å²) in [5.41, 5.74) is -0.0828. The van der Waals surface area contributed by atoms with Gasteiger partial charge in [-0.15, -0.1) is 0 Å². The van der Waals surface area contributed by atoms with Crippen LogP contribution in [0, 0.1) is 5.41 Å². The van der Waals surface area contributed by atoms with Gasteiger partial charge in [0.15, 0.2) is 12.4 Å². The summed E-state index contributed by atoms with van der Waals surface area (Å²) in [6.45, 7) is 5.04. The molecule has 2 rings (SSSR count). The summed E-state index contributed by atoms with van der Waals surface area (Å²) in [5.74, 6) is -0.505. The Kier molecular flexibility index (Phi) is 5.08. The minimum Gasteiger partial charge on any atom is -0.458 e. The Labute approximate surface area is 141 Å². The van der Waals surface area contributed by atoms with Gasteiger partial charge in [-0.1, -0.05) is 32.9 Å². The summed E-state index contributed by atoms with van der Waals surface area (Å²) >= 11 is 0. The van der Waals surface area contributed by atoms with Crippen molar-refractivity contribution in [1.82, 2.24) is 4.72 Å². The van der Waals surface area contributed by atoms with Gasteiger partial charge in [-0.3, -0.25) is 19.3 Å². The van der Waals surface area contributed by atoms with Gasteiger partial charge in [-0.2, -0.15) is 0 Å². The second kappa shape index (κ2) is 6.72. The topological polar surface area (TPSA) is 102 Å². The molecule has 24 heavy (non-hydrogen) atoms. The monoisotopic (exact) mass is 352 g/mol. The molecule has 7 nitrogen and oxygen atoms in total. The Morgan fingerprint density at radius 1 is 1.21 bits per heavy atom. The van der Waals surface area contributed by atoms with Gasteiger partial charge in [0.1, 0.15) is 5.84 Å². The minimum atomic E-state index is -3.58. The number of carbonyl (C=O) groups is 2. The number of aliphatic imine (C=N–C) groups is 1. The fourth-order valence-electron chi connectivity index (χ4n) is 1.94. The lowest BCUT2D eigenvalue weighted by atomic mass is 9.91. The number of Topliss-reactive ketones (excluding diaryl/α,β-unsaturated/α-hetero) is 1. The highest BCUT2D eigenvalue weighted by Crippen LogP contribution is 2.22. The molecule has 0 atom stereocenters. The first-order chi connectivity index (χ1) is 11.1. The predicted octanol–water partition coefficient (Wildman–Crippen LogP) is 1.27. The van der Waals surface area contributed by atoms with Crippen LogP contribution in [0.15, 0.2) is 34.2 Å². The molecule has 1 N–H and O–H groups in total. The SMILES string of the molecule is CC(C)(C)C(=O)COC(=O)CCN=C1NS(=O)(=O)c2ccccc21. The zero-order chi connectivity index (χ0) is 18.0. The van der Waals surface area contributed by atoms with E-state index >= 15 is 0 Å². The molecule has 0 bridgehead atoms. The Morgan fingerprint density at radius 2 is 1.88 bits per heavy atom. The number of hydrogen-bond donors (Lipinski definition) is 1. The lowest BCUT2D eigenvalue weighted by molar-refractivity contribution is -0.149. The molecule has 1 heterocycles. The maximum absolute atomic E-state index is 11.9. The molecule has 0 aromatic heterocycles. The van der Waals surface area contributed by atoms with E-state index in [1.807, 2.05) is 0 Å². The molecule has 130 valence electrons. The molecule has 1 aliphatic rings. The van der Waals surface area contributed by atoms with Crippen LogP contribution in [0.4, 0.5) is 0 Å². The van der Waals surface area contributed by atoms with Crippen LogP contribution in [-0.2, 0) is 24.3 Å². The largest absolute Gasteiger partial charge is 0.458 e. The Balaban J connectivity index is 1.92. The van der Waals surface area contributed by atoms with Crippen LogP contribution in [0.25, 0.3) is 0 Å². The van der Waals surface area contributed by atoms with Crippen molar-refractivity contribution >= 4 is 27.6 Å². The summed E-state index contributed by atoms with van der Waals surface area (Å²) in [6, 6.07) is 6.48. The summed E-state index contributed by atoms with van der Waals surface area (Å²) in [4.78, 5) is 27.6.